The molecule has 42 heavy (non-hydrogen) atoms. The Kier molecular flexibility index (Phi) is 8.23. The maximum absolute atomic E-state index is 13.6. The van der Waals surface area contributed by atoms with Crippen LogP contribution in [0.3, 0.4) is 0 Å². The van der Waals surface area contributed by atoms with Crippen molar-refractivity contribution in [2.45, 2.75) is 26.7 Å². The zero-order valence-electron chi connectivity index (χ0n) is 24.3. The summed E-state index contributed by atoms with van der Waals surface area (Å²) in [5.41, 5.74) is 3.05. The second-order valence-electron chi connectivity index (χ2n) is 12.5. The van der Waals surface area contributed by atoms with Gasteiger partial charge in [0.25, 0.3) is 5.91 Å². The maximum Gasteiger partial charge on any atom is 0.322 e. The number of piperazine rings is 1. The Morgan fingerprint density at radius 3 is 2.48 bits per heavy atom. The number of anilines is 1. The van der Waals surface area contributed by atoms with Gasteiger partial charge in [0.1, 0.15) is 0 Å². The van der Waals surface area contributed by atoms with Gasteiger partial charge >= 0.3 is 6.03 Å². The Balaban J connectivity index is 1.10. The summed E-state index contributed by atoms with van der Waals surface area (Å²) in [7, 11) is 0. The molecule has 2 bridgehead atoms. The van der Waals surface area contributed by atoms with E-state index in [1.807, 2.05) is 52.3 Å². The van der Waals surface area contributed by atoms with Gasteiger partial charge < -0.3 is 15.1 Å². The van der Waals surface area contributed by atoms with E-state index in [4.69, 9.17) is 23.2 Å². The highest BCUT2D eigenvalue weighted by molar-refractivity contribution is 6.42. The van der Waals surface area contributed by atoms with Crippen molar-refractivity contribution in [3.63, 3.8) is 0 Å². The highest BCUT2D eigenvalue weighted by atomic mass is 35.5. The lowest BCUT2D eigenvalue weighted by Crippen LogP contribution is -2.52. The normalized spacial score (nSPS) is 21.4. The SMILES string of the molecule is CC1(C)C2CC=C(CN(CCN3CCN(C(=O)c4cccc5ccccc45)CC3)C(=O)Nc3ccc(Cl)c(Cl)c3)C1C2. The molecule has 1 N–H and O–H groups in total. The Morgan fingerprint density at radius 2 is 1.74 bits per heavy atom. The molecule has 2 fully saturated rings. The zero-order valence-corrected chi connectivity index (χ0v) is 25.8. The molecule has 4 aliphatic rings. The topological polar surface area (TPSA) is 55.9 Å². The van der Waals surface area contributed by atoms with Crippen molar-refractivity contribution in [3.05, 3.63) is 87.9 Å². The van der Waals surface area contributed by atoms with Gasteiger partial charge in [-0.2, -0.15) is 0 Å². The maximum atomic E-state index is 13.6. The third-order valence-corrected chi connectivity index (χ3v) is 10.5. The molecule has 0 aromatic heterocycles. The van der Waals surface area contributed by atoms with Gasteiger partial charge in [0.2, 0.25) is 0 Å². The molecule has 3 amide bonds. The number of rotatable bonds is 7. The average Bonchev–Trinajstić information content (AvgIpc) is 3.00. The summed E-state index contributed by atoms with van der Waals surface area (Å²) in [6, 6.07) is 19.0. The van der Waals surface area contributed by atoms with Crippen LogP contribution in [0.15, 0.2) is 72.3 Å². The molecule has 0 spiro atoms. The Bertz CT molecular complexity index is 1520. The fourth-order valence-electron chi connectivity index (χ4n) is 6.92. The number of allylic oxidation sites excluding steroid dienone is 1. The molecular weight excluding hydrogens is 567 g/mol. The number of benzene rings is 3. The smallest absolute Gasteiger partial charge is 0.322 e. The number of fused-ring (bicyclic) bond motifs is 2. The lowest BCUT2D eigenvalue weighted by molar-refractivity contribution is -0.00970. The van der Waals surface area contributed by atoms with Crippen molar-refractivity contribution in [2.75, 3.05) is 51.1 Å². The minimum atomic E-state index is -0.140. The predicted molar refractivity (Wildman–Crippen MR) is 171 cm³/mol. The second-order valence-corrected chi connectivity index (χ2v) is 13.3. The molecule has 3 aromatic rings. The van der Waals surface area contributed by atoms with Gasteiger partial charge in [0, 0.05) is 57.1 Å². The number of amides is 3. The molecule has 1 saturated heterocycles. The summed E-state index contributed by atoms with van der Waals surface area (Å²) in [6.07, 6.45) is 4.67. The highest BCUT2D eigenvalue weighted by Gasteiger charge is 2.51. The van der Waals surface area contributed by atoms with Gasteiger partial charge in [0.05, 0.1) is 10.0 Å². The fraction of sp³-hybridized carbons (Fsp3) is 0.412. The predicted octanol–water partition coefficient (Wildman–Crippen LogP) is 7.43. The minimum Gasteiger partial charge on any atom is -0.336 e. The van der Waals surface area contributed by atoms with E-state index in [0.29, 0.717) is 53.2 Å². The van der Waals surface area contributed by atoms with Gasteiger partial charge in [-0.1, -0.05) is 85.1 Å². The number of carbonyl (C=O) groups is 2. The van der Waals surface area contributed by atoms with Crippen LogP contribution in [0.1, 0.15) is 37.0 Å². The lowest BCUT2D eigenvalue weighted by atomic mass is 9.49. The molecule has 8 heteroatoms. The molecule has 1 heterocycles. The van der Waals surface area contributed by atoms with Crippen LogP contribution in [0.2, 0.25) is 10.0 Å². The summed E-state index contributed by atoms with van der Waals surface area (Å²) >= 11 is 12.3. The molecule has 1 aliphatic heterocycles. The summed E-state index contributed by atoms with van der Waals surface area (Å²) in [5, 5.41) is 5.98. The van der Waals surface area contributed by atoms with Crippen molar-refractivity contribution in [1.29, 1.82) is 0 Å². The van der Waals surface area contributed by atoms with Crippen molar-refractivity contribution >= 4 is 51.6 Å². The van der Waals surface area contributed by atoms with Gasteiger partial charge in [0.15, 0.2) is 0 Å². The molecule has 2 unspecified atom stereocenters. The first-order chi connectivity index (χ1) is 20.2. The zero-order chi connectivity index (χ0) is 29.4. The van der Waals surface area contributed by atoms with Crippen molar-refractivity contribution < 1.29 is 9.59 Å². The van der Waals surface area contributed by atoms with E-state index in [2.05, 4.69) is 30.1 Å². The second kappa shape index (κ2) is 11.9. The summed E-state index contributed by atoms with van der Waals surface area (Å²) < 4.78 is 0. The molecule has 6 nitrogen and oxygen atoms in total. The molecule has 3 aromatic carbocycles. The quantitative estimate of drug-likeness (QED) is 0.285. The molecule has 3 aliphatic carbocycles. The van der Waals surface area contributed by atoms with Gasteiger partial charge in [-0.15, -0.1) is 0 Å². The molecule has 2 atom stereocenters. The van der Waals surface area contributed by atoms with Gasteiger partial charge in [-0.3, -0.25) is 9.69 Å². The van der Waals surface area contributed by atoms with E-state index in [0.717, 1.165) is 48.3 Å². The molecular formula is C34H38Cl2N4O2. The van der Waals surface area contributed by atoms with E-state index in [1.165, 1.54) is 12.0 Å². The van der Waals surface area contributed by atoms with Crippen LogP contribution in [0.5, 0.6) is 0 Å². The first kappa shape index (κ1) is 29.0. The fourth-order valence-corrected chi connectivity index (χ4v) is 7.22. The van der Waals surface area contributed by atoms with E-state index in [1.54, 1.807) is 18.2 Å². The monoisotopic (exact) mass is 604 g/mol. The molecule has 220 valence electrons. The number of hydrogen-bond acceptors (Lipinski definition) is 3. The van der Waals surface area contributed by atoms with Crippen LogP contribution < -0.4 is 5.32 Å². The number of urea groups is 1. The van der Waals surface area contributed by atoms with Crippen LogP contribution in [0.4, 0.5) is 10.5 Å². The number of nitrogens with one attached hydrogen (secondary N) is 1. The van der Waals surface area contributed by atoms with E-state index in [9.17, 15) is 9.59 Å². The van der Waals surface area contributed by atoms with Crippen LogP contribution >= 0.6 is 23.2 Å². The molecule has 1 saturated carbocycles. The summed E-state index contributed by atoms with van der Waals surface area (Å²) in [4.78, 5) is 33.2. The average molecular weight is 606 g/mol. The number of carbonyl (C=O) groups excluding carboxylic acids is 2. The summed E-state index contributed by atoms with van der Waals surface area (Å²) in [5.74, 6) is 1.36. The summed E-state index contributed by atoms with van der Waals surface area (Å²) in [6.45, 7) is 9.56. The van der Waals surface area contributed by atoms with Crippen LogP contribution in [0, 0.1) is 17.3 Å². The van der Waals surface area contributed by atoms with Gasteiger partial charge in [-0.05, 0) is 65.1 Å². The number of nitrogens with zero attached hydrogens (tertiary/aromatic N) is 3. The highest BCUT2D eigenvalue weighted by Crippen LogP contribution is 2.59. The van der Waals surface area contributed by atoms with E-state index < -0.39 is 0 Å². The van der Waals surface area contributed by atoms with Crippen molar-refractivity contribution in [1.82, 2.24) is 14.7 Å². The lowest BCUT2D eigenvalue weighted by Gasteiger charge is -2.57. The van der Waals surface area contributed by atoms with E-state index >= 15 is 0 Å². The molecule has 7 rings (SSSR count). The van der Waals surface area contributed by atoms with Crippen molar-refractivity contribution in [3.8, 4) is 0 Å². The van der Waals surface area contributed by atoms with Crippen LogP contribution in [-0.2, 0) is 0 Å². The van der Waals surface area contributed by atoms with E-state index in [-0.39, 0.29) is 11.9 Å². The first-order valence-electron chi connectivity index (χ1n) is 14.9. The Morgan fingerprint density at radius 1 is 0.976 bits per heavy atom. The standard InChI is InChI=1S/C34H38Cl2N4O2/c1-34(2)25-11-10-24(29(34)20-25)22-40(33(42)37-26-12-13-30(35)31(36)21-26)19-16-38-14-17-39(18-15-38)32(41)28-9-5-7-23-6-3-4-8-27(23)28/h3-10,12-13,21,25,29H,11,14-20,22H2,1-2H3,(H,37,42). The third kappa shape index (κ3) is 5.77. The van der Waals surface area contributed by atoms with Gasteiger partial charge in [-0.25, -0.2) is 4.79 Å². The third-order valence-electron chi connectivity index (χ3n) is 9.78. The minimum absolute atomic E-state index is 0.0831. The molecule has 0 radical (unpaired) electrons. The van der Waals surface area contributed by atoms with Crippen LogP contribution in [-0.4, -0.2) is 72.5 Å². The first-order valence-corrected chi connectivity index (χ1v) is 15.7. The Labute approximate surface area is 258 Å². The number of halogens is 2. The number of hydrogen-bond donors (Lipinski definition) is 1. The van der Waals surface area contributed by atoms with Crippen molar-refractivity contribution in [2.24, 2.45) is 17.3 Å². The largest absolute Gasteiger partial charge is 0.336 e. The van der Waals surface area contributed by atoms with Crippen LogP contribution in [0.25, 0.3) is 10.8 Å². The Hall–Kier alpha value is -3.06.